The number of urea groups is 1. The summed E-state index contributed by atoms with van der Waals surface area (Å²) in [4.78, 5) is 28.1. The second-order valence-corrected chi connectivity index (χ2v) is 8.27. The Morgan fingerprint density at radius 3 is 2.44 bits per heavy atom. The molecule has 1 fully saturated rings. The number of halogens is 1. The maximum Gasteiger partial charge on any atom is 0.317 e. The van der Waals surface area contributed by atoms with Crippen molar-refractivity contribution in [3.63, 3.8) is 0 Å². The maximum atomic E-state index is 13.1. The molecule has 1 saturated heterocycles. The molecule has 0 saturated carbocycles. The minimum Gasteiger partial charge on any atom is -0.461 e. The molecular weight excluding hydrogens is 409 g/mol. The number of rotatable bonds is 10. The average molecular weight is 444 g/mol. The van der Waals surface area contributed by atoms with E-state index in [9.17, 15) is 14.0 Å². The minimum absolute atomic E-state index is 0.0293. The highest BCUT2D eigenvalue weighted by atomic mass is 19.1. The van der Waals surface area contributed by atoms with Gasteiger partial charge < -0.3 is 19.9 Å². The van der Waals surface area contributed by atoms with Crippen molar-refractivity contribution in [2.75, 3.05) is 44.2 Å². The SMILES string of the molecule is O=C(CCCCCCNC(=O)N1CCN(c2ccc(F)cc2)CC1)OCC1=CCCC=C1. The van der Waals surface area contributed by atoms with Gasteiger partial charge in [0.05, 0.1) is 0 Å². The summed E-state index contributed by atoms with van der Waals surface area (Å²) >= 11 is 0. The largest absolute Gasteiger partial charge is 0.461 e. The van der Waals surface area contributed by atoms with Crippen molar-refractivity contribution in [3.05, 3.63) is 53.9 Å². The second kappa shape index (κ2) is 12.9. The molecule has 32 heavy (non-hydrogen) atoms. The van der Waals surface area contributed by atoms with Crippen LogP contribution in [-0.2, 0) is 9.53 Å². The summed E-state index contributed by atoms with van der Waals surface area (Å²) in [6.07, 6.45) is 12.4. The lowest BCUT2D eigenvalue weighted by Crippen LogP contribution is -2.52. The predicted octanol–water partition coefficient (Wildman–Crippen LogP) is 4.43. The van der Waals surface area contributed by atoms with Gasteiger partial charge in [0, 0.05) is 44.8 Å². The summed E-state index contributed by atoms with van der Waals surface area (Å²) in [7, 11) is 0. The van der Waals surface area contributed by atoms with Gasteiger partial charge in [0.1, 0.15) is 12.4 Å². The van der Waals surface area contributed by atoms with Crippen LogP contribution < -0.4 is 10.2 Å². The van der Waals surface area contributed by atoms with E-state index in [-0.39, 0.29) is 17.8 Å². The Bertz CT molecular complexity index is 799. The number of benzene rings is 1. The molecule has 0 radical (unpaired) electrons. The summed E-state index contributed by atoms with van der Waals surface area (Å²) in [6.45, 7) is 3.79. The van der Waals surface area contributed by atoms with E-state index in [1.165, 1.54) is 12.1 Å². The van der Waals surface area contributed by atoms with Crippen LogP contribution in [0, 0.1) is 5.82 Å². The smallest absolute Gasteiger partial charge is 0.317 e. The number of allylic oxidation sites excluding steroid dienone is 2. The number of hydrogen-bond acceptors (Lipinski definition) is 4. The summed E-state index contributed by atoms with van der Waals surface area (Å²) in [5.41, 5.74) is 2.07. The lowest BCUT2D eigenvalue weighted by Gasteiger charge is -2.36. The molecule has 1 N–H and O–H groups in total. The number of hydrogen-bond donors (Lipinski definition) is 1. The Labute approximate surface area is 190 Å². The van der Waals surface area contributed by atoms with E-state index < -0.39 is 0 Å². The van der Waals surface area contributed by atoms with Gasteiger partial charge in [-0.2, -0.15) is 0 Å². The van der Waals surface area contributed by atoms with Gasteiger partial charge in [-0.05, 0) is 55.5 Å². The van der Waals surface area contributed by atoms with Crippen LogP contribution in [0.25, 0.3) is 0 Å². The number of amides is 2. The van der Waals surface area contributed by atoms with Crippen LogP contribution in [0.1, 0.15) is 44.9 Å². The third-order valence-corrected chi connectivity index (χ3v) is 5.81. The first-order valence-electron chi connectivity index (χ1n) is 11.7. The van der Waals surface area contributed by atoms with Crippen LogP contribution in [0.5, 0.6) is 0 Å². The molecule has 1 aromatic carbocycles. The van der Waals surface area contributed by atoms with Crippen molar-refractivity contribution in [3.8, 4) is 0 Å². The van der Waals surface area contributed by atoms with E-state index in [1.54, 1.807) is 12.1 Å². The Kier molecular flexibility index (Phi) is 9.60. The molecule has 0 aromatic heterocycles. The molecular formula is C25H34FN3O3. The molecule has 7 heteroatoms. The molecule has 0 atom stereocenters. The van der Waals surface area contributed by atoms with Gasteiger partial charge in [0.25, 0.3) is 0 Å². The van der Waals surface area contributed by atoms with Gasteiger partial charge in [-0.1, -0.05) is 31.1 Å². The number of unbranched alkanes of at least 4 members (excludes halogenated alkanes) is 3. The first-order chi connectivity index (χ1) is 15.6. The Balaban J connectivity index is 1.19. The molecule has 1 aromatic rings. The minimum atomic E-state index is -0.239. The van der Waals surface area contributed by atoms with Crippen LogP contribution in [-0.4, -0.2) is 56.2 Å². The third kappa shape index (κ3) is 8.02. The standard InChI is InChI=1S/C25H34FN3O3/c26-22-11-13-23(14-12-22)28-16-18-29(19-17-28)25(31)27-15-7-2-1-6-10-24(30)32-20-21-8-4-3-5-9-21/h4,8-9,11-14H,1-3,5-7,10,15-20H2,(H,27,31). The lowest BCUT2D eigenvalue weighted by atomic mass is 10.1. The van der Waals surface area contributed by atoms with Crippen molar-refractivity contribution in [1.82, 2.24) is 10.2 Å². The zero-order valence-electron chi connectivity index (χ0n) is 18.7. The maximum absolute atomic E-state index is 13.1. The fourth-order valence-electron chi connectivity index (χ4n) is 3.89. The number of piperazine rings is 1. The fourth-order valence-corrected chi connectivity index (χ4v) is 3.89. The van der Waals surface area contributed by atoms with Gasteiger partial charge in [0.2, 0.25) is 0 Å². The van der Waals surface area contributed by atoms with E-state index in [2.05, 4.69) is 22.4 Å². The first kappa shape index (κ1) is 23.8. The summed E-state index contributed by atoms with van der Waals surface area (Å²) in [5, 5.41) is 2.99. The van der Waals surface area contributed by atoms with Crippen LogP contribution in [0.2, 0.25) is 0 Å². The zero-order chi connectivity index (χ0) is 22.6. The van der Waals surface area contributed by atoms with Crippen molar-refractivity contribution in [2.24, 2.45) is 0 Å². The monoisotopic (exact) mass is 443 g/mol. The molecule has 1 aliphatic carbocycles. The summed E-state index contributed by atoms with van der Waals surface area (Å²) < 4.78 is 18.4. The van der Waals surface area contributed by atoms with Gasteiger partial charge in [-0.25, -0.2) is 9.18 Å². The number of esters is 1. The number of anilines is 1. The quantitative estimate of drug-likeness (QED) is 0.429. The van der Waals surface area contributed by atoms with Gasteiger partial charge in [-0.15, -0.1) is 0 Å². The average Bonchev–Trinajstić information content (AvgIpc) is 2.83. The topological polar surface area (TPSA) is 61.9 Å². The van der Waals surface area contributed by atoms with Gasteiger partial charge in [0.15, 0.2) is 0 Å². The number of nitrogens with one attached hydrogen (secondary N) is 1. The molecule has 0 bridgehead atoms. The van der Waals surface area contributed by atoms with Crippen LogP contribution in [0.3, 0.4) is 0 Å². The first-order valence-corrected chi connectivity index (χ1v) is 11.7. The molecule has 1 heterocycles. The number of carbonyl (C=O) groups is 2. The summed E-state index contributed by atoms with van der Waals surface area (Å²) in [5.74, 6) is -0.380. The Hall–Kier alpha value is -2.83. The van der Waals surface area contributed by atoms with Gasteiger partial charge in [-0.3, -0.25) is 4.79 Å². The molecule has 2 aliphatic rings. The molecule has 1 aliphatic heterocycles. The van der Waals surface area contributed by atoms with Crippen LogP contribution in [0.15, 0.2) is 48.1 Å². The molecule has 174 valence electrons. The van der Waals surface area contributed by atoms with Crippen molar-refractivity contribution < 1.29 is 18.7 Å². The van der Waals surface area contributed by atoms with E-state index in [1.807, 2.05) is 11.0 Å². The number of carbonyl (C=O) groups excluding carboxylic acids is 2. The van der Waals surface area contributed by atoms with E-state index >= 15 is 0 Å². The van der Waals surface area contributed by atoms with Crippen molar-refractivity contribution in [2.45, 2.75) is 44.9 Å². The molecule has 6 nitrogen and oxygen atoms in total. The number of nitrogens with zero attached hydrogens (tertiary/aromatic N) is 2. The Morgan fingerprint density at radius 1 is 0.969 bits per heavy atom. The molecule has 3 rings (SSSR count). The van der Waals surface area contributed by atoms with Crippen molar-refractivity contribution in [1.29, 1.82) is 0 Å². The number of ether oxygens (including phenoxy) is 1. The Morgan fingerprint density at radius 2 is 1.72 bits per heavy atom. The molecule has 2 amide bonds. The van der Waals surface area contributed by atoms with E-state index in [4.69, 9.17) is 4.74 Å². The van der Waals surface area contributed by atoms with Crippen LogP contribution >= 0.6 is 0 Å². The second-order valence-electron chi connectivity index (χ2n) is 8.27. The van der Waals surface area contributed by atoms with Crippen molar-refractivity contribution >= 4 is 17.7 Å². The highest BCUT2D eigenvalue weighted by Gasteiger charge is 2.20. The highest BCUT2D eigenvalue weighted by Crippen LogP contribution is 2.17. The van der Waals surface area contributed by atoms with E-state index in [0.717, 1.165) is 62.9 Å². The van der Waals surface area contributed by atoms with Gasteiger partial charge >= 0.3 is 12.0 Å². The summed E-state index contributed by atoms with van der Waals surface area (Å²) in [6, 6.07) is 6.44. The lowest BCUT2D eigenvalue weighted by molar-refractivity contribution is -0.142. The zero-order valence-corrected chi connectivity index (χ0v) is 18.7. The third-order valence-electron chi connectivity index (χ3n) is 5.81. The normalized spacial score (nSPS) is 16.0. The highest BCUT2D eigenvalue weighted by molar-refractivity contribution is 5.74. The molecule has 0 unspecified atom stereocenters. The predicted molar refractivity (Wildman–Crippen MR) is 124 cm³/mol. The fraction of sp³-hybridized carbons (Fsp3) is 0.520. The van der Waals surface area contributed by atoms with E-state index in [0.29, 0.717) is 32.7 Å². The van der Waals surface area contributed by atoms with Crippen LogP contribution in [0.4, 0.5) is 14.9 Å². The molecule has 0 spiro atoms.